The van der Waals surface area contributed by atoms with Crippen molar-refractivity contribution in [2.24, 2.45) is 16.6 Å². The maximum atomic E-state index is 8.76. The van der Waals surface area contributed by atoms with E-state index in [0.717, 1.165) is 38.0 Å². The van der Waals surface area contributed by atoms with Crippen LogP contribution in [-0.4, -0.2) is 23.1 Å². The number of hydrogen-bond donors (Lipinski definition) is 4. The average Bonchev–Trinajstić information content (AvgIpc) is 2.85. The second kappa shape index (κ2) is 10.8. The summed E-state index contributed by atoms with van der Waals surface area (Å²) in [5, 5.41) is 15.4. The van der Waals surface area contributed by atoms with Crippen molar-refractivity contribution in [2.45, 2.75) is 44.3 Å². The molecule has 0 bridgehead atoms. The van der Waals surface area contributed by atoms with Crippen LogP contribution in [0, 0.1) is 0 Å². The lowest BCUT2D eigenvalue weighted by molar-refractivity contribution is 0.318. The molecule has 0 heterocycles. The van der Waals surface area contributed by atoms with E-state index < -0.39 is 0 Å². The minimum atomic E-state index is 0.0532. The van der Waals surface area contributed by atoms with Gasteiger partial charge in [-0.05, 0) is 79.8 Å². The molecule has 7 nitrogen and oxygen atoms in total. The van der Waals surface area contributed by atoms with Crippen LogP contribution in [0.3, 0.4) is 0 Å². The molecule has 0 aromatic heterocycles. The van der Waals surface area contributed by atoms with E-state index in [2.05, 4.69) is 22.6 Å². The number of nitrogens with two attached hydrogens (primary N) is 2. The molecule has 0 atom stereocenters. The van der Waals surface area contributed by atoms with Crippen LogP contribution >= 0.6 is 0 Å². The van der Waals surface area contributed by atoms with Crippen molar-refractivity contribution in [3.63, 3.8) is 0 Å². The van der Waals surface area contributed by atoms with Crippen molar-refractivity contribution in [1.82, 2.24) is 5.32 Å². The van der Waals surface area contributed by atoms with E-state index in [9.17, 15) is 0 Å². The third-order valence-corrected chi connectivity index (χ3v) is 5.82. The summed E-state index contributed by atoms with van der Waals surface area (Å²) in [6.07, 6.45) is 4.50. The van der Waals surface area contributed by atoms with Gasteiger partial charge in [-0.15, -0.1) is 0 Å². The summed E-state index contributed by atoms with van der Waals surface area (Å²) in [5.74, 6) is 2.79. The molecule has 1 saturated carbocycles. The van der Waals surface area contributed by atoms with Gasteiger partial charge in [-0.3, -0.25) is 0 Å². The molecule has 0 aliphatic heterocycles. The number of nitrogens with zero attached hydrogens (tertiary/aromatic N) is 1. The van der Waals surface area contributed by atoms with E-state index in [0.29, 0.717) is 34.9 Å². The smallest absolute Gasteiger partial charge is 0.170 e. The van der Waals surface area contributed by atoms with Crippen LogP contribution in [0.2, 0.25) is 0 Å². The molecule has 33 heavy (non-hydrogen) atoms. The highest BCUT2D eigenvalue weighted by atomic mass is 16.5. The van der Waals surface area contributed by atoms with Crippen LogP contribution in [0.15, 0.2) is 78.0 Å². The van der Waals surface area contributed by atoms with Gasteiger partial charge in [0.05, 0.1) is 0 Å². The second-order valence-electron chi connectivity index (χ2n) is 8.33. The van der Waals surface area contributed by atoms with Gasteiger partial charge in [0.15, 0.2) is 5.84 Å². The summed E-state index contributed by atoms with van der Waals surface area (Å²) in [6, 6.07) is 23.5. The van der Waals surface area contributed by atoms with Gasteiger partial charge in [0, 0.05) is 30.3 Å². The quantitative estimate of drug-likeness (QED) is 0.172. The molecule has 3 aromatic rings. The monoisotopic (exact) mass is 446 g/mol. The van der Waals surface area contributed by atoms with Crippen molar-refractivity contribution < 1.29 is 14.7 Å². The van der Waals surface area contributed by atoms with Crippen LogP contribution in [0.25, 0.3) is 0 Å². The predicted octanol–water partition coefficient (Wildman–Crippen LogP) is 4.73. The van der Waals surface area contributed by atoms with E-state index in [1.54, 1.807) is 24.3 Å². The molecule has 1 fully saturated rings. The largest absolute Gasteiger partial charge is 0.457 e. The van der Waals surface area contributed by atoms with E-state index in [1.165, 1.54) is 5.56 Å². The van der Waals surface area contributed by atoms with E-state index in [4.69, 9.17) is 26.1 Å². The van der Waals surface area contributed by atoms with E-state index in [-0.39, 0.29) is 5.84 Å². The second-order valence-corrected chi connectivity index (χ2v) is 8.33. The zero-order valence-electron chi connectivity index (χ0n) is 18.5. The third-order valence-electron chi connectivity index (χ3n) is 5.82. The SMILES string of the molecule is N/C(=N\O)c1ccc(Oc2cccc(Oc3ccc(CNC4CCC(N)CC4)cc3)c2)cc1. The highest BCUT2D eigenvalue weighted by Gasteiger charge is 2.17. The highest BCUT2D eigenvalue weighted by Crippen LogP contribution is 2.29. The number of hydrogen-bond acceptors (Lipinski definition) is 6. The zero-order chi connectivity index (χ0) is 23.0. The summed E-state index contributed by atoms with van der Waals surface area (Å²) < 4.78 is 11.9. The number of rotatable bonds is 8. The molecule has 7 heteroatoms. The summed E-state index contributed by atoms with van der Waals surface area (Å²) in [7, 11) is 0. The Kier molecular flexibility index (Phi) is 7.44. The Balaban J connectivity index is 1.31. The molecule has 1 aliphatic rings. The molecular formula is C26H30N4O3. The van der Waals surface area contributed by atoms with Crippen LogP contribution in [0.5, 0.6) is 23.0 Å². The fourth-order valence-electron chi connectivity index (χ4n) is 3.89. The van der Waals surface area contributed by atoms with Crippen molar-refractivity contribution >= 4 is 5.84 Å². The number of ether oxygens (including phenoxy) is 2. The molecular weight excluding hydrogens is 416 g/mol. The molecule has 0 unspecified atom stereocenters. The van der Waals surface area contributed by atoms with Gasteiger partial charge in [-0.1, -0.05) is 23.4 Å². The lowest BCUT2D eigenvalue weighted by Gasteiger charge is -2.27. The Morgan fingerprint density at radius 2 is 1.42 bits per heavy atom. The van der Waals surface area contributed by atoms with E-state index >= 15 is 0 Å². The first-order chi connectivity index (χ1) is 16.1. The Morgan fingerprint density at radius 1 is 0.848 bits per heavy atom. The Hall–Kier alpha value is -3.55. The normalized spacial score (nSPS) is 18.6. The van der Waals surface area contributed by atoms with Gasteiger partial charge in [0.2, 0.25) is 0 Å². The topological polar surface area (TPSA) is 115 Å². The van der Waals surface area contributed by atoms with Crippen molar-refractivity contribution in [1.29, 1.82) is 0 Å². The van der Waals surface area contributed by atoms with Gasteiger partial charge in [-0.25, -0.2) is 0 Å². The third kappa shape index (κ3) is 6.47. The maximum Gasteiger partial charge on any atom is 0.170 e. The Morgan fingerprint density at radius 3 is 2.00 bits per heavy atom. The van der Waals surface area contributed by atoms with Crippen molar-refractivity contribution in [3.05, 3.63) is 83.9 Å². The van der Waals surface area contributed by atoms with Crippen LogP contribution in [0.1, 0.15) is 36.8 Å². The standard InChI is InChI=1S/C26H30N4O3/c27-20-8-10-21(11-9-20)29-17-18-4-12-22(13-5-18)32-24-2-1-3-25(16-24)33-23-14-6-19(7-15-23)26(28)30-31/h1-7,12-16,20-21,29,31H,8-11,17,27H2,(H2,28,30). The first-order valence-electron chi connectivity index (χ1n) is 11.2. The van der Waals surface area contributed by atoms with E-state index in [1.807, 2.05) is 36.4 Å². The number of nitrogens with one attached hydrogen (secondary N) is 1. The Labute approximate surface area is 194 Å². The van der Waals surface area contributed by atoms with Crippen LogP contribution in [0.4, 0.5) is 0 Å². The first kappa shape index (κ1) is 22.6. The Bertz CT molecular complexity index is 1060. The molecule has 0 radical (unpaired) electrons. The molecule has 6 N–H and O–H groups in total. The summed E-state index contributed by atoms with van der Waals surface area (Å²) in [4.78, 5) is 0. The summed E-state index contributed by atoms with van der Waals surface area (Å²) >= 11 is 0. The van der Waals surface area contributed by atoms with Crippen molar-refractivity contribution in [2.75, 3.05) is 0 Å². The minimum absolute atomic E-state index is 0.0532. The molecule has 0 amide bonds. The minimum Gasteiger partial charge on any atom is -0.457 e. The predicted molar refractivity (Wildman–Crippen MR) is 129 cm³/mol. The van der Waals surface area contributed by atoms with Gasteiger partial charge >= 0.3 is 0 Å². The van der Waals surface area contributed by atoms with Gasteiger partial charge in [-0.2, -0.15) is 0 Å². The van der Waals surface area contributed by atoms with Gasteiger partial charge in [0.25, 0.3) is 0 Å². The van der Waals surface area contributed by atoms with Crippen LogP contribution in [-0.2, 0) is 6.54 Å². The molecule has 172 valence electrons. The maximum absolute atomic E-state index is 8.76. The zero-order valence-corrected chi connectivity index (χ0v) is 18.5. The lowest BCUT2D eigenvalue weighted by atomic mass is 9.92. The molecule has 1 aliphatic carbocycles. The molecule has 0 spiro atoms. The van der Waals surface area contributed by atoms with Gasteiger partial charge in [0.1, 0.15) is 23.0 Å². The lowest BCUT2D eigenvalue weighted by Crippen LogP contribution is -2.36. The number of amidine groups is 1. The fraction of sp³-hybridized carbons (Fsp3) is 0.269. The summed E-state index contributed by atoms with van der Waals surface area (Å²) in [6.45, 7) is 0.845. The van der Waals surface area contributed by atoms with Crippen molar-refractivity contribution in [3.8, 4) is 23.0 Å². The first-order valence-corrected chi connectivity index (χ1v) is 11.2. The molecule has 4 rings (SSSR count). The van der Waals surface area contributed by atoms with Gasteiger partial charge < -0.3 is 31.5 Å². The molecule has 3 aromatic carbocycles. The summed E-state index contributed by atoms with van der Waals surface area (Å²) in [5.41, 5.74) is 13.4. The number of oxime groups is 1. The highest BCUT2D eigenvalue weighted by molar-refractivity contribution is 5.97. The fourth-order valence-corrected chi connectivity index (χ4v) is 3.89. The van der Waals surface area contributed by atoms with Crippen LogP contribution < -0.4 is 26.3 Å². The molecule has 0 saturated heterocycles. The average molecular weight is 447 g/mol. The number of benzene rings is 3.